The number of hydrogen-bond acceptors (Lipinski definition) is 2. The van der Waals surface area contributed by atoms with Crippen molar-refractivity contribution >= 4 is 11.0 Å². The maximum atomic E-state index is 5.97. The summed E-state index contributed by atoms with van der Waals surface area (Å²) in [6.45, 7) is 5.17. The molecule has 0 amide bonds. The van der Waals surface area contributed by atoms with E-state index in [1.807, 2.05) is 18.2 Å². The highest BCUT2D eigenvalue weighted by Gasteiger charge is 2.10. The monoisotopic (exact) mass is 265 g/mol. The third kappa shape index (κ3) is 2.61. The summed E-state index contributed by atoms with van der Waals surface area (Å²) in [6.07, 6.45) is 0. The maximum Gasteiger partial charge on any atom is 0.135 e. The molecule has 3 rings (SSSR count). The summed E-state index contributed by atoms with van der Waals surface area (Å²) >= 11 is 0. The molecule has 20 heavy (non-hydrogen) atoms. The predicted octanol–water partition coefficient (Wildman–Crippen LogP) is 4.60. The summed E-state index contributed by atoms with van der Waals surface area (Å²) in [7, 11) is 0. The van der Waals surface area contributed by atoms with Crippen molar-refractivity contribution < 1.29 is 4.42 Å². The van der Waals surface area contributed by atoms with E-state index in [0.29, 0.717) is 6.04 Å². The van der Waals surface area contributed by atoms with E-state index >= 15 is 0 Å². The molecule has 2 aromatic carbocycles. The molecular weight excluding hydrogens is 246 g/mol. The van der Waals surface area contributed by atoms with Crippen molar-refractivity contribution in [3.05, 3.63) is 60.2 Å². The van der Waals surface area contributed by atoms with Gasteiger partial charge in [0.25, 0.3) is 0 Å². The van der Waals surface area contributed by atoms with Crippen LogP contribution in [0.25, 0.3) is 22.3 Å². The van der Waals surface area contributed by atoms with Crippen molar-refractivity contribution in [2.45, 2.75) is 26.4 Å². The molecule has 0 saturated heterocycles. The minimum absolute atomic E-state index is 0.471. The minimum atomic E-state index is 0.471. The van der Waals surface area contributed by atoms with Crippen LogP contribution in [-0.2, 0) is 6.54 Å². The summed E-state index contributed by atoms with van der Waals surface area (Å²) in [6, 6.07) is 19.1. The first-order valence-electron chi connectivity index (χ1n) is 7.04. The van der Waals surface area contributed by atoms with Gasteiger partial charge in [-0.1, -0.05) is 56.3 Å². The molecule has 0 aliphatic carbocycles. The van der Waals surface area contributed by atoms with Gasteiger partial charge in [0, 0.05) is 23.5 Å². The lowest BCUT2D eigenvalue weighted by Gasteiger charge is -2.11. The summed E-state index contributed by atoms with van der Waals surface area (Å²) in [5.74, 6) is 0.937. The maximum absolute atomic E-state index is 5.97. The molecule has 102 valence electrons. The van der Waals surface area contributed by atoms with Crippen molar-refractivity contribution in [2.75, 3.05) is 0 Å². The van der Waals surface area contributed by atoms with Gasteiger partial charge in [0.2, 0.25) is 0 Å². The zero-order valence-electron chi connectivity index (χ0n) is 11.9. The Kier molecular flexibility index (Phi) is 3.57. The fourth-order valence-corrected chi connectivity index (χ4v) is 2.34. The lowest BCUT2D eigenvalue weighted by molar-refractivity contribution is 0.586. The van der Waals surface area contributed by atoms with Crippen LogP contribution >= 0.6 is 0 Å². The number of nitrogens with one attached hydrogen (secondary N) is 1. The zero-order valence-corrected chi connectivity index (χ0v) is 11.9. The second kappa shape index (κ2) is 5.51. The van der Waals surface area contributed by atoms with Crippen LogP contribution in [0.15, 0.2) is 59.0 Å². The average molecular weight is 265 g/mol. The fraction of sp³-hybridized carbons (Fsp3) is 0.222. The average Bonchev–Trinajstić information content (AvgIpc) is 2.89. The second-order valence-electron chi connectivity index (χ2n) is 5.34. The highest BCUT2D eigenvalue weighted by molar-refractivity contribution is 5.83. The van der Waals surface area contributed by atoms with E-state index in [1.54, 1.807) is 0 Å². The Bertz CT molecular complexity index is 679. The number of para-hydroxylation sites is 1. The molecule has 1 N–H and O–H groups in total. The predicted molar refractivity (Wildman–Crippen MR) is 83.6 cm³/mol. The van der Waals surface area contributed by atoms with E-state index in [4.69, 9.17) is 4.42 Å². The lowest BCUT2D eigenvalue weighted by Crippen LogP contribution is -2.22. The van der Waals surface area contributed by atoms with Gasteiger partial charge >= 0.3 is 0 Å². The number of furan rings is 1. The molecule has 0 atom stereocenters. The van der Waals surface area contributed by atoms with Crippen molar-refractivity contribution in [3.63, 3.8) is 0 Å². The molecule has 0 spiro atoms. The van der Waals surface area contributed by atoms with Crippen molar-refractivity contribution in [2.24, 2.45) is 0 Å². The van der Waals surface area contributed by atoms with Crippen LogP contribution in [0, 0.1) is 0 Å². The van der Waals surface area contributed by atoms with Gasteiger partial charge < -0.3 is 9.73 Å². The quantitative estimate of drug-likeness (QED) is 0.746. The molecule has 0 fully saturated rings. The van der Waals surface area contributed by atoms with Gasteiger partial charge in [-0.15, -0.1) is 0 Å². The molecule has 1 aromatic heterocycles. The number of hydrogen-bond donors (Lipinski definition) is 1. The van der Waals surface area contributed by atoms with Gasteiger partial charge in [-0.3, -0.25) is 0 Å². The molecular formula is C18H19NO. The highest BCUT2D eigenvalue weighted by atomic mass is 16.3. The van der Waals surface area contributed by atoms with Crippen molar-refractivity contribution in [3.8, 4) is 11.3 Å². The van der Waals surface area contributed by atoms with Gasteiger partial charge in [0.1, 0.15) is 11.3 Å². The van der Waals surface area contributed by atoms with Crippen LogP contribution in [0.5, 0.6) is 0 Å². The van der Waals surface area contributed by atoms with Gasteiger partial charge in [0.15, 0.2) is 0 Å². The van der Waals surface area contributed by atoms with Gasteiger partial charge in [-0.25, -0.2) is 0 Å². The smallest absolute Gasteiger partial charge is 0.135 e. The zero-order chi connectivity index (χ0) is 13.9. The number of rotatable bonds is 4. The fourth-order valence-electron chi connectivity index (χ4n) is 2.34. The first kappa shape index (κ1) is 12.9. The molecule has 0 radical (unpaired) electrons. The largest absolute Gasteiger partial charge is 0.456 e. The Morgan fingerprint density at radius 2 is 1.75 bits per heavy atom. The van der Waals surface area contributed by atoms with Crippen molar-refractivity contribution in [1.29, 1.82) is 0 Å². The summed E-state index contributed by atoms with van der Waals surface area (Å²) in [4.78, 5) is 0. The minimum Gasteiger partial charge on any atom is -0.456 e. The van der Waals surface area contributed by atoms with E-state index in [2.05, 4.69) is 55.6 Å². The first-order chi connectivity index (χ1) is 9.74. The molecule has 0 bridgehead atoms. The van der Waals surface area contributed by atoms with Gasteiger partial charge in [0.05, 0.1) is 0 Å². The van der Waals surface area contributed by atoms with E-state index < -0.39 is 0 Å². The van der Waals surface area contributed by atoms with Crippen molar-refractivity contribution in [1.82, 2.24) is 5.32 Å². The van der Waals surface area contributed by atoms with E-state index in [-0.39, 0.29) is 0 Å². The third-order valence-corrected chi connectivity index (χ3v) is 3.41. The third-order valence-electron chi connectivity index (χ3n) is 3.41. The Hall–Kier alpha value is -2.06. The number of fused-ring (bicyclic) bond motifs is 1. The molecule has 1 heterocycles. The Morgan fingerprint density at radius 1 is 1.00 bits per heavy atom. The van der Waals surface area contributed by atoms with E-state index in [0.717, 1.165) is 28.8 Å². The molecule has 0 aliphatic rings. The molecule has 3 aromatic rings. The first-order valence-corrected chi connectivity index (χ1v) is 7.04. The Balaban J connectivity index is 2.00. The second-order valence-corrected chi connectivity index (χ2v) is 5.34. The van der Waals surface area contributed by atoms with Crippen LogP contribution in [0.3, 0.4) is 0 Å². The molecule has 0 unspecified atom stereocenters. The van der Waals surface area contributed by atoms with Crippen LogP contribution < -0.4 is 5.32 Å². The summed E-state index contributed by atoms with van der Waals surface area (Å²) < 4.78 is 5.97. The standard InChI is InChI=1S/C18H19NO/c1-13(2)19-12-15-8-3-5-9-16(15)18-11-14-7-4-6-10-17(14)20-18/h3-11,13,19H,12H2,1-2H3. The van der Waals surface area contributed by atoms with Crippen LogP contribution in [0.2, 0.25) is 0 Å². The van der Waals surface area contributed by atoms with Crippen LogP contribution in [-0.4, -0.2) is 6.04 Å². The Labute approximate surface area is 119 Å². The highest BCUT2D eigenvalue weighted by Crippen LogP contribution is 2.30. The molecule has 2 nitrogen and oxygen atoms in total. The summed E-state index contributed by atoms with van der Waals surface area (Å²) in [5.41, 5.74) is 3.37. The van der Waals surface area contributed by atoms with E-state index in [1.165, 1.54) is 5.56 Å². The summed E-state index contributed by atoms with van der Waals surface area (Å²) in [5, 5.41) is 4.61. The van der Waals surface area contributed by atoms with Crippen LogP contribution in [0.1, 0.15) is 19.4 Å². The topological polar surface area (TPSA) is 25.2 Å². The number of benzene rings is 2. The normalized spacial score (nSPS) is 11.3. The van der Waals surface area contributed by atoms with Gasteiger partial charge in [-0.2, -0.15) is 0 Å². The molecule has 0 aliphatic heterocycles. The van der Waals surface area contributed by atoms with Crippen LogP contribution in [0.4, 0.5) is 0 Å². The SMILES string of the molecule is CC(C)NCc1ccccc1-c1cc2ccccc2o1. The lowest BCUT2D eigenvalue weighted by atomic mass is 10.0. The Morgan fingerprint density at radius 3 is 2.55 bits per heavy atom. The van der Waals surface area contributed by atoms with E-state index in [9.17, 15) is 0 Å². The van der Waals surface area contributed by atoms with Gasteiger partial charge in [-0.05, 0) is 17.7 Å². The molecule has 2 heteroatoms. The molecule has 0 saturated carbocycles.